The number of hydrogen-bond donors (Lipinski definition) is 1. The second-order valence-electron chi connectivity index (χ2n) is 4.73. The minimum Gasteiger partial charge on any atom is -0.333 e. The third-order valence-electron chi connectivity index (χ3n) is 2.41. The van der Waals surface area contributed by atoms with E-state index in [2.05, 4.69) is 40.4 Å². The summed E-state index contributed by atoms with van der Waals surface area (Å²) in [7, 11) is 1.50. The van der Waals surface area contributed by atoms with Crippen LogP contribution < -0.4 is 5.73 Å². The molecule has 0 aromatic carbocycles. The van der Waals surface area contributed by atoms with Gasteiger partial charge in [0.25, 0.3) is 0 Å². The summed E-state index contributed by atoms with van der Waals surface area (Å²) in [5, 5.41) is 0. The monoisotopic (exact) mass is 201 g/mol. The predicted molar refractivity (Wildman–Crippen MR) is 67.4 cm³/mol. The smallest absolute Gasteiger partial charge is 0.0195 e. The summed E-state index contributed by atoms with van der Waals surface area (Å²) in [4.78, 5) is 0. The Bertz CT molecular complexity index is 76.4. The number of rotatable bonds is 0. The largest absolute Gasteiger partial charge is 0.333 e. The van der Waals surface area contributed by atoms with Crippen molar-refractivity contribution >= 4 is 0 Å². The molecule has 2 N–H and O–H groups in total. The Labute approximate surface area is 91.5 Å². The van der Waals surface area contributed by atoms with Crippen molar-refractivity contribution in [3.63, 3.8) is 0 Å². The minimum atomic E-state index is 0.990. The Balaban J connectivity index is 0. The molecule has 0 bridgehead atoms. The highest BCUT2D eigenvalue weighted by Crippen LogP contribution is 2.31. The standard InChI is InChI=1S/C9H18.C3H8.CH5N/c1-7-4-8(2)6-9(3)5-7;1-3-2;1-2/h7-9H,4-6H2,1-3H3;3H2,1-2H3;2H2,1H3. The van der Waals surface area contributed by atoms with Crippen molar-refractivity contribution in [2.24, 2.45) is 23.5 Å². The molecule has 1 aliphatic carbocycles. The maximum Gasteiger partial charge on any atom is -0.0195 e. The van der Waals surface area contributed by atoms with Crippen molar-refractivity contribution in [1.29, 1.82) is 0 Å². The second-order valence-corrected chi connectivity index (χ2v) is 4.73. The first-order valence-corrected chi connectivity index (χ1v) is 6.17. The molecule has 14 heavy (non-hydrogen) atoms. The maximum absolute atomic E-state index is 4.50. The Morgan fingerprint density at radius 3 is 1.07 bits per heavy atom. The zero-order valence-corrected chi connectivity index (χ0v) is 11.1. The molecule has 0 spiro atoms. The summed E-state index contributed by atoms with van der Waals surface area (Å²) in [6.07, 6.45) is 5.64. The fraction of sp³-hybridized carbons (Fsp3) is 1.00. The van der Waals surface area contributed by atoms with E-state index < -0.39 is 0 Å². The number of nitrogens with two attached hydrogens (primary N) is 1. The van der Waals surface area contributed by atoms with Crippen LogP contribution in [0.2, 0.25) is 0 Å². The van der Waals surface area contributed by atoms with Gasteiger partial charge in [0, 0.05) is 0 Å². The third kappa shape index (κ3) is 10.0. The third-order valence-corrected chi connectivity index (χ3v) is 2.41. The molecule has 0 aliphatic heterocycles. The van der Waals surface area contributed by atoms with E-state index in [1.165, 1.54) is 32.7 Å². The van der Waals surface area contributed by atoms with Crippen LogP contribution in [0, 0.1) is 17.8 Å². The molecule has 1 rings (SSSR count). The molecule has 0 aromatic rings. The predicted octanol–water partition coefficient (Wildman–Crippen LogP) is 4.07. The molecule has 0 aromatic heterocycles. The molecule has 0 saturated heterocycles. The molecule has 1 nitrogen and oxygen atoms in total. The quantitative estimate of drug-likeness (QED) is 0.628. The summed E-state index contributed by atoms with van der Waals surface area (Å²) in [6, 6.07) is 0. The lowest BCUT2D eigenvalue weighted by Gasteiger charge is -2.28. The maximum atomic E-state index is 4.50. The van der Waals surface area contributed by atoms with Crippen molar-refractivity contribution in [2.45, 2.75) is 60.3 Å². The van der Waals surface area contributed by atoms with E-state index >= 15 is 0 Å². The fourth-order valence-electron chi connectivity index (χ4n) is 2.35. The number of hydrogen-bond acceptors (Lipinski definition) is 1. The average Bonchev–Trinajstić information content (AvgIpc) is 2.06. The van der Waals surface area contributed by atoms with E-state index in [-0.39, 0.29) is 0 Å². The van der Waals surface area contributed by atoms with Gasteiger partial charge in [-0.05, 0) is 44.1 Å². The van der Waals surface area contributed by atoms with Crippen molar-refractivity contribution in [3.05, 3.63) is 0 Å². The van der Waals surface area contributed by atoms with Gasteiger partial charge < -0.3 is 5.73 Å². The van der Waals surface area contributed by atoms with Crippen molar-refractivity contribution in [1.82, 2.24) is 0 Å². The highest BCUT2D eigenvalue weighted by atomic mass is 14.4. The van der Waals surface area contributed by atoms with Crippen molar-refractivity contribution in [2.75, 3.05) is 7.05 Å². The molecule has 0 atom stereocenters. The van der Waals surface area contributed by atoms with E-state index in [1.807, 2.05) is 0 Å². The van der Waals surface area contributed by atoms with Gasteiger partial charge in [-0.3, -0.25) is 0 Å². The summed E-state index contributed by atoms with van der Waals surface area (Å²) >= 11 is 0. The summed E-state index contributed by atoms with van der Waals surface area (Å²) < 4.78 is 0. The Kier molecular flexibility index (Phi) is 12.9. The molecule has 1 fully saturated rings. The second kappa shape index (κ2) is 11.0. The fourth-order valence-corrected chi connectivity index (χ4v) is 2.35. The van der Waals surface area contributed by atoms with Crippen LogP contribution in [-0.2, 0) is 0 Å². The van der Waals surface area contributed by atoms with Gasteiger partial charge in [-0.15, -0.1) is 0 Å². The molecule has 0 amide bonds. The van der Waals surface area contributed by atoms with E-state index in [1.54, 1.807) is 0 Å². The van der Waals surface area contributed by atoms with Gasteiger partial charge in [-0.1, -0.05) is 41.0 Å². The molecular weight excluding hydrogens is 170 g/mol. The lowest BCUT2D eigenvalue weighted by molar-refractivity contribution is 0.233. The van der Waals surface area contributed by atoms with Gasteiger partial charge in [0.1, 0.15) is 0 Å². The van der Waals surface area contributed by atoms with Crippen LogP contribution in [0.3, 0.4) is 0 Å². The van der Waals surface area contributed by atoms with Crippen LogP contribution in [0.5, 0.6) is 0 Å². The zero-order chi connectivity index (χ0) is 11.6. The van der Waals surface area contributed by atoms with E-state index in [9.17, 15) is 0 Å². The summed E-state index contributed by atoms with van der Waals surface area (Å²) in [5.74, 6) is 2.97. The average molecular weight is 201 g/mol. The first-order valence-electron chi connectivity index (χ1n) is 6.17. The van der Waals surface area contributed by atoms with Gasteiger partial charge in [-0.2, -0.15) is 0 Å². The first kappa shape index (κ1) is 16.4. The molecule has 88 valence electrons. The topological polar surface area (TPSA) is 26.0 Å². The highest BCUT2D eigenvalue weighted by molar-refractivity contribution is 4.71. The Hall–Kier alpha value is -0.0400. The molecule has 0 radical (unpaired) electrons. The first-order chi connectivity index (χ1) is 6.60. The van der Waals surface area contributed by atoms with Crippen LogP contribution >= 0.6 is 0 Å². The Morgan fingerprint density at radius 1 is 0.786 bits per heavy atom. The summed E-state index contributed by atoms with van der Waals surface area (Å²) in [5.41, 5.74) is 4.50. The van der Waals surface area contributed by atoms with E-state index in [0.29, 0.717) is 0 Å². The van der Waals surface area contributed by atoms with Crippen LogP contribution in [0.1, 0.15) is 60.3 Å². The highest BCUT2D eigenvalue weighted by Gasteiger charge is 2.19. The van der Waals surface area contributed by atoms with Crippen LogP contribution in [0.25, 0.3) is 0 Å². The Morgan fingerprint density at radius 2 is 0.929 bits per heavy atom. The van der Waals surface area contributed by atoms with E-state index in [0.717, 1.165) is 17.8 Å². The van der Waals surface area contributed by atoms with Gasteiger partial charge >= 0.3 is 0 Å². The van der Waals surface area contributed by atoms with Gasteiger partial charge in [0.2, 0.25) is 0 Å². The van der Waals surface area contributed by atoms with Gasteiger partial charge in [0.15, 0.2) is 0 Å². The van der Waals surface area contributed by atoms with Crippen molar-refractivity contribution < 1.29 is 0 Å². The zero-order valence-electron chi connectivity index (χ0n) is 11.1. The molecule has 1 saturated carbocycles. The normalized spacial score (nSPS) is 30.6. The van der Waals surface area contributed by atoms with Crippen LogP contribution in [0.15, 0.2) is 0 Å². The SMILES string of the molecule is CC1CC(C)CC(C)C1.CCC.CN. The van der Waals surface area contributed by atoms with Crippen LogP contribution in [-0.4, -0.2) is 7.05 Å². The molecule has 0 unspecified atom stereocenters. The minimum absolute atomic E-state index is 0.990. The van der Waals surface area contributed by atoms with E-state index in [4.69, 9.17) is 0 Å². The molecular formula is C13H31N. The molecule has 1 aliphatic rings. The lowest BCUT2D eigenvalue weighted by Crippen LogP contribution is -2.16. The lowest BCUT2D eigenvalue weighted by atomic mass is 9.78. The molecule has 1 heteroatoms. The van der Waals surface area contributed by atoms with Gasteiger partial charge in [-0.25, -0.2) is 0 Å². The van der Waals surface area contributed by atoms with Crippen LogP contribution in [0.4, 0.5) is 0 Å². The summed E-state index contributed by atoms with van der Waals surface area (Å²) in [6.45, 7) is 11.4. The van der Waals surface area contributed by atoms with Crippen molar-refractivity contribution in [3.8, 4) is 0 Å². The van der Waals surface area contributed by atoms with Gasteiger partial charge in [0.05, 0.1) is 0 Å². The molecule has 0 heterocycles.